The van der Waals surface area contributed by atoms with E-state index in [0.717, 1.165) is 35.9 Å². The van der Waals surface area contributed by atoms with Crippen LogP contribution in [-0.4, -0.2) is 50.2 Å². The highest BCUT2D eigenvalue weighted by atomic mass is 31.2. The summed E-state index contributed by atoms with van der Waals surface area (Å²) in [5.41, 5.74) is 2.98. The third kappa shape index (κ3) is 7.82. The van der Waals surface area contributed by atoms with Crippen molar-refractivity contribution in [2.75, 3.05) is 31.1 Å². The summed E-state index contributed by atoms with van der Waals surface area (Å²) in [4.78, 5) is 18.9. The number of anilines is 2. The van der Waals surface area contributed by atoms with Crippen LogP contribution in [0.1, 0.15) is 33.3 Å². The van der Waals surface area contributed by atoms with Gasteiger partial charge < -0.3 is 19.5 Å². The van der Waals surface area contributed by atoms with Crippen LogP contribution in [0.25, 0.3) is 0 Å². The van der Waals surface area contributed by atoms with Gasteiger partial charge in [0.25, 0.3) is 0 Å². The lowest BCUT2D eigenvalue weighted by molar-refractivity contribution is -0.149. The number of hydrogen-bond acceptors (Lipinski definition) is 8. The zero-order chi connectivity index (χ0) is 25.4. The molecule has 1 aliphatic heterocycles. The molecule has 2 aromatic rings. The zero-order valence-electron chi connectivity index (χ0n) is 21.0. The summed E-state index contributed by atoms with van der Waals surface area (Å²) in [6, 6.07) is 14.6. The number of benzene rings is 2. The molecule has 0 saturated heterocycles. The van der Waals surface area contributed by atoms with Crippen LogP contribution < -0.4 is 19.8 Å². The van der Waals surface area contributed by atoms with Crippen LogP contribution in [0.3, 0.4) is 0 Å². The normalized spacial score (nSPS) is 15.7. The molecule has 0 aliphatic carbocycles. The molecule has 0 amide bonds. The summed E-state index contributed by atoms with van der Waals surface area (Å²) < 4.78 is 29.9. The molecule has 1 heterocycles. The van der Waals surface area contributed by atoms with Gasteiger partial charge >= 0.3 is 13.7 Å². The van der Waals surface area contributed by atoms with E-state index in [0.29, 0.717) is 12.3 Å². The van der Waals surface area contributed by atoms with Crippen LogP contribution in [0.4, 0.5) is 11.4 Å². The number of hydrogen-bond donors (Lipinski definition) is 2. The number of nitrogens with one attached hydrogen (secondary N) is 2. The maximum atomic E-state index is 13.4. The van der Waals surface area contributed by atoms with Crippen molar-refractivity contribution in [1.82, 2.24) is 10.4 Å². The zero-order valence-corrected chi connectivity index (χ0v) is 21.9. The van der Waals surface area contributed by atoms with Crippen molar-refractivity contribution in [3.8, 4) is 5.75 Å². The van der Waals surface area contributed by atoms with Crippen molar-refractivity contribution in [3.63, 3.8) is 0 Å². The summed E-state index contributed by atoms with van der Waals surface area (Å²) in [5.74, 6) is 0.707. The number of rotatable bonds is 12. The number of aliphatic imine (C=N–C) groups is 1. The number of carbonyl (C=O) groups excluding carboxylic acids is 1. The van der Waals surface area contributed by atoms with Gasteiger partial charge in [-0.2, -0.15) is 5.09 Å². The number of aryl methyl sites for hydroxylation is 1. The van der Waals surface area contributed by atoms with E-state index >= 15 is 0 Å². The fourth-order valence-corrected chi connectivity index (χ4v) is 4.98. The molecule has 0 bridgehead atoms. The first kappa shape index (κ1) is 26.7. The Morgan fingerprint density at radius 3 is 2.54 bits per heavy atom. The number of ether oxygens (including phenoxy) is 1. The smallest absolute Gasteiger partial charge is 0.459 e. The molecule has 2 N–H and O–H groups in total. The lowest BCUT2D eigenvalue weighted by Gasteiger charge is -2.27. The van der Waals surface area contributed by atoms with Crippen LogP contribution in [0.2, 0.25) is 0 Å². The van der Waals surface area contributed by atoms with Crippen molar-refractivity contribution in [2.45, 2.75) is 46.8 Å². The molecule has 2 aromatic carbocycles. The Bertz CT molecular complexity index is 1070. The predicted octanol–water partition coefficient (Wildman–Crippen LogP) is 4.59. The summed E-state index contributed by atoms with van der Waals surface area (Å²) in [5, 5.41) is 6.00. The number of esters is 1. The molecule has 0 saturated carbocycles. The van der Waals surface area contributed by atoms with E-state index in [-0.39, 0.29) is 12.7 Å². The average Bonchev–Trinajstić information content (AvgIpc) is 3.31. The number of amidine groups is 1. The molecule has 1 unspecified atom stereocenters. The van der Waals surface area contributed by atoms with Crippen molar-refractivity contribution in [2.24, 2.45) is 4.99 Å². The second kappa shape index (κ2) is 12.2. The minimum absolute atomic E-state index is 0.136. The molecular formula is C25H35N4O5P. The summed E-state index contributed by atoms with van der Waals surface area (Å²) in [6.45, 7) is 11.1. The minimum Gasteiger partial charge on any atom is -0.462 e. The standard InChI is InChI=1S/C25H35N4O5P/c1-6-32-35(31,28-20(5)25(30)33-18(2)3)34-23-9-7-8-22(16-23)29(17-24-26-14-15-27-24)21-12-10-19(4)11-13-21/h7-13,16,18,20H,6,14-15,17H2,1-5H3,(H,26,27)(H,28,31)/t20-,35?/m0/s1. The molecule has 35 heavy (non-hydrogen) atoms. The van der Waals surface area contributed by atoms with Gasteiger partial charge in [-0.25, -0.2) is 4.57 Å². The highest BCUT2D eigenvalue weighted by Crippen LogP contribution is 2.45. The quantitative estimate of drug-likeness (QED) is 0.321. The fraction of sp³-hybridized carbons (Fsp3) is 0.440. The summed E-state index contributed by atoms with van der Waals surface area (Å²) in [6.07, 6.45) is -0.289. The van der Waals surface area contributed by atoms with Crippen LogP contribution in [0, 0.1) is 6.92 Å². The van der Waals surface area contributed by atoms with E-state index in [1.54, 1.807) is 39.8 Å². The van der Waals surface area contributed by atoms with E-state index in [2.05, 4.69) is 32.4 Å². The van der Waals surface area contributed by atoms with Crippen molar-refractivity contribution in [3.05, 3.63) is 54.1 Å². The van der Waals surface area contributed by atoms with Crippen molar-refractivity contribution in [1.29, 1.82) is 0 Å². The van der Waals surface area contributed by atoms with E-state index in [9.17, 15) is 9.36 Å². The first-order valence-electron chi connectivity index (χ1n) is 11.8. The van der Waals surface area contributed by atoms with Gasteiger partial charge in [0.2, 0.25) is 0 Å². The first-order chi connectivity index (χ1) is 16.7. The van der Waals surface area contributed by atoms with E-state index in [4.69, 9.17) is 13.8 Å². The largest absolute Gasteiger partial charge is 0.462 e. The van der Waals surface area contributed by atoms with Crippen molar-refractivity contribution >= 4 is 30.9 Å². The Kier molecular flexibility index (Phi) is 9.32. The molecule has 0 fully saturated rings. The van der Waals surface area contributed by atoms with E-state index < -0.39 is 19.8 Å². The maximum absolute atomic E-state index is 13.4. The monoisotopic (exact) mass is 502 g/mol. The molecule has 2 atom stereocenters. The van der Waals surface area contributed by atoms with Gasteiger partial charge in [0.15, 0.2) is 0 Å². The molecule has 190 valence electrons. The molecule has 0 aromatic heterocycles. The number of nitrogens with zero attached hydrogens (tertiary/aromatic N) is 2. The number of carbonyl (C=O) groups is 1. The van der Waals surface area contributed by atoms with Gasteiger partial charge in [-0.05, 0) is 58.9 Å². The van der Waals surface area contributed by atoms with Gasteiger partial charge in [-0.3, -0.25) is 14.3 Å². The second-order valence-corrected chi connectivity index (χ2v) is 10.2. The van der Waals surface area contributed by atoms with Gasteiger partial charge in [-0.15, -0.1) is 0 Å². The van der Waals surface area contributed by atoms with Crippen molar-refractivity contribution < 1.29 is 23.1 Å². The second-order valence-electron chi connectivity index (χ2n) is 8.52. The summed E-state index contributed by atoms with van der Waals surface area (Å²) >= 11 is 0. The molecule has 0 spiro atoms. The topological polar surface area (TPSA) is 101 Å². The van der Waals surface area contributed by atoms with E-state index in [1.807, 2.05) is 31.2 Å². The van der Waals surface area contributed by atoms with Crippen LogP contribution >= 0.6 is 7.75 Å². The van der Waals surface area contributed by atoms with Crippen LogP contribution in [0.5, 0.6) is 5.75 Å². The molecular weight excluding hydrogens is 467 g/mol. The fourth-order valence-electron chi connectivity index (χ4n) is 3.49. The lowest BCUT2D eigenvalue weighted by Crippen LogP contribution is -2.36. The van der Waals surface area contributed by atoms with E-state index in [1.165, 1.54) is 0 Å². The van der Waals surface area contributed by atoms with Gasteiger partial charge in [0, 0.05) is 24.0 Å². The molecule has 3 rings (SSSR count). The van der Waals surface area contributed by atoms with Gasteiger partial charge in [0.05, 0.1) is 25.8 Å². The average molecular weight is 503 g/mol. The molecule has 10 heteroatoms. The predicted molar refractivity (Wildman–Crippen MR) is 139 cm³/mol. The van der Waals surface area contributed by atoms with Crippen LogP contribution in [-0.2, 0) is 18.6 Å². The SMILES string of the molecule is CCOP(=O)(N[C@@H](C)C(=O)OC(C)C)Oc1cccc(N(CC2=NCCN2)c2ccc(C)cc2)c1. The Hall–Kier alpha value is -2.87. The van der Waals surface area contributed by atoms with Crippen LogP contribution in [0.15, 0.2) is 53.5 Å². The Morgan fingerprint density at radius 1 is 1.17 bits per heavy atom. The maximum Gasteiger partial charge on any atom is 0.459 e. The lowest BCUT2D eigenvalue weighted by atomic mass is 10.2. The third-order valence-corrected chi connectivity index (χ3v) is 6.86. The minimum atomic E-state index is -3.86. The third-order valence-electron chi connectivity index (χ3n) is 5.11. The Balaban J connectivity index is 1.85. The first-order valence-corrected chi connectivity index (χ1v) is 13.4. The Morgan fingerprint density at radius 2 is 1.91 bits per heavy atom. The highest BCUT2D eigenvalue weighted by Gasteiger charge is 2.32. The summed E-state index contributed by atoms with van der Waals surface area (Å²) in [7, 11) is -3.86. The molecule has 9 nitrogen and oxygen atoms in total. The Labute approximate surface area is 207 Å². The highest BCUT2D eigenvalue weighted by molar-refractivity contribution is 7.52. The molecule has 0 radical (unpaired) electrons. The molecule has 1 aliphatic rings. The van der Waals surface area contributed by atoms with Gasteiger partial charge in [0.1, 0.15) is 17.6 Å². The van der Waals surface area contributed by atoms with Gasteiger partial charge in [-0.1, -0.05) is 23.8 Å².